The lowest BCUT2D eigenvalue weighted by Gasteiger charge is -2.17. The summed E-state index contributed by atoms with van der Waals surface area (Å²) in [7, 11) is 1.21. The van der Waals surface area contributed by atoms with E-state index in [0.29, 0.717) is 16.9 Å². The molecule has 0 atom stereocenters. The minimum Gasteiger partial charge on any atom is -0.465 e. The van der Waals surface area contributed by atoms with Crippen LogP contribution in [0, 0.1) is 15.9 Å². The highest BCUT2D eigenvalue weighted by atomic mass is 19.1. The summed E-state index contributed by atoms with van der Waals surface area (Å²) in [6.45, 7) is 1.59. The molecule has 7 nitrogen and oxygen atoms in total. The van der Waals surface area contributed by atoms with Crippen LogP contribution in [0.5, 0.6) is 0 Å². The Bertz CT molecular complexity index is 1020. The van der Waals surface area contributed by atoms with Crippen molar-refractivity contribution >= 4 is 29.3 Å². The van der Waals surface area contributed by atoms with E-state index in [2.05, 4.69) is 0 Å². The Balaban J connectivity index is 2.08. The molecular formula is C20H15FN2O5. The van der Waals surface area contributed by atoms with Crippen molar-refractivity contribution in [3.63, 3.8) is 0 Å². The average Bonchev–Trinajstić information content (AvgIpc) is 2.92. The molecule has 2 aromatic rings. The molecule has 142 valence electrons. The number of carbonyl (C=O) groups is 2. The second-order valence-electron chi connectivity index (χ2n) is 5.98. The average molecular weight is 382 g/mol. The van der Waals surface area contributed by atoms with Crippen LogP contribution in [0.15, 0.2) is 65.4 Å². The standard InChI is InChI=1S/C20H15FN2O5/c1-12-18(20(25)28-2)17(11-13-3-7-16(8-4-13)23(26)27)19(24)22(12)15-9-5-14(21)6-10-15/h3-11H,1-2H3/b17-11-. The first-order valence-electron chi connectivity index (χ1n) is 8.19. The molecule has 1 aliphatic heterocycles. The molecule has 0 bridgehead atoms. The molecule has 2 aromatic carbocycles. The zero-order chi connectivity index (χ0) is 20.4. The normalized spacial score (nSPS) is 15.3. The van der Waals surface area contributed by atoms with Crippen LogP contribution in [0.4, 0.5) is 15.8 Å². The van der Waals surface area contributed by atoms with Crippen LogP contribution in [0.3, 0.4) is 0 Å². The van der Waals surface area contributed by atoms with Crippen LogP contribution < -0.4 is 4.90 Å². The summed E-state index contributed by atoms with van der Waals surface area (Å²) in [4.78, 5) is 36.9. The van der Waals surface area contributed by atoms with E-state index in [1.54, 1.807) is 6.92 Å². The zero-order valence-electron chi connectivity index (χ0n) is 15.0. The van der Waals surface area contributed by atoms with E-state index in [9.17, 15) is 24.1 Å². The Morgan fingerprint density at radius 1 is 1.14 bits per heavy atom. The SMILES string of the molecule is COC(=O)C1=C(C)N(c2ccc(F)cc2)C(=O)/C1=C\c1ccc([N+](=O)[O-])cc1. The van der Waals surface area contributed by atoms with Crippen molar-refractivity contribution in [3.8, 4) is 0 Å². The topological polar surface area (TPSA) is 89.8 Å². The molecule has 0 saturated heterocycles. The number of rotatable bonds is 4. The molecule has 0 spiro atoms. The molecule has 0 N–H and O–H groups in total. The molecule has 1 heterocycles. The summed E-state index contributed by atoms with van der Waals surface area (Å²) in [6.07, 6.45) is 1.46. The van der Waals surface area contributed by atoms with E-state index in [1.165, 1.54) is 66.6 Å². The first-order valence-corrected chi connectivity index (χ1v) is 8.19. The summed E-state index contributed by atoms with van der Waals surface area (Å²) >= 11 is 0. The quantitative estimate of drug-likeness (QED) is 0.349. The number of allylic oxidation sites excluding steroid dienone is 1. The number of carbonyl (C=O) groups excluding carboxylic acids is 2. The Morgan fingerprint density at radius 2 is 1.75 bits per heavy atom. The highest BCUT2D eigenvalue weighted by molar-refractivity contribution is 6.23. The second kappa shape index (κ2) is 7.43. The van der Waals surface area contributed by atoms with Crippen LogP contribution in [0.25, 0.3) is 6.08 Å². The van der Waals surface area contributed by atoms with Gasteiger partial charge in [0, 0.05) is 23.5 Å². The maximum atomic E-state index is 13.2. The van der Waals surface area contributed by atoms with Crippen molar-refractivity contribution in [2.75, 3.05) is 12.0 Å². The van der Waals surface area contributed by atoms with Crippen molar-refractivity contribution < 1.29 is 23.6 Å². The fraction of sp³-hybridized carbons (Fsp3) is 0.100. The fourth-order valence-electron chi connectivity index (χ4n) is 2.94. The summed E-state index contributed by atoms with van der Waals surface area (Å²) in [5.41, 5.74) is 1.32. The number of hydrogen-bond acceptors (Lipinski definition) is 5. The monoisotopic (exact) mass is 382 g/mol. The van der Waals surface area contributed by atoms with Gasteiger partial charge in [-0.15, -0.1) is 0 Å². The van der Waals surface area contributed by atoms with Crippen LogP contribution >= 0.6 is 0 Å². The lowest BCUT2D eigenvalue weighted by molar-refractivity contribution is -0.384. The first-order chi connectivity index (χ1) is 13.3. The molecule has 3 rings (SSSR count). The van der Waals surface area contributed by atoms with Crippen molar-refractivity contribution in [3.05, 3.63) is 86.9 Å². The van der Waals surface area contributed by atoms with E-state index < -0.39 is 22.6 Å². The number of methoxy groups -OCH3 is 1. The molecule has 28 heavy (non-hydrogen) atoms. The molecule has 0 radical (unpaired) electrons. The number of amides is 1. The lowest BCUT2D eigenvalue weighted by atomic mass is 10.0. The lowest BCUT2D eigenvalue weighted by Crippen LogP contribution is -2.24. The molecule has 0 saturated carbocycles. The van der Waals surface area contributed by atoms with Gasteiger partial charge < -0.3 is 4.74 Å². The van der Waals surface area contributed by atoms with Gasteiger partial charge in [-0.1, -0.05) is 0 Å². The maximum absolute atomic E-state index is 13.2. The Labute approximate surface area is 159 Å². The molecule has 1 amide bonds. The van der Waals surface area contributed by atoms with Crippen molar-refractivity contribution in [2.45, 2.75) is 6.92 Å². The maximum Gasteiger partial charge on any atom is 0.340 e. The predicted octanol–water partition coefficient (Wildman–Crippen LogP) is 3.61. The summed E-state index contributed by atoms with van der Waals surface area (Å²) < 4.78 is 18.0. The van der Waals surface area contributed by atoms with Crippen LogP contribution in [-0.2, 0) is 14.3 Å². The van der Waals surface area contributed by atoms with Gasteiger partial charge in [0.25, 0.3) is 11.6 Å². The zero-order valence-corrected chi connectivity index (χ0v) is 15.0. The third-order valence-electron chi connectivity index (χ3n) is 4.29. The minimum absolute atomic E-state index is 0.0789. The number of hydrogen-bond donors (Lipinski definition) is 0. The molecule has 0 unspecified atom stereocenters. The number of halogens is 1. The number of esters is 1. The third-order valence-corrected chi connectivity index (χ3v) is 4.29. The van der Waals surface area contributed by atoms with Gasteiger partial charge >= 0.3 is 5.97 Å². The van der Waals surface area contributed by atoms with Crippen molar-refractivity contribution in [1.82, 2.24) is 0 Å². The molecule has 0 fully saturated rings. The number of nitro benzene ring substituents is 1. The number of non-ortho nitro benzene ring substituents is 1. The highest BCUT2D eigenvalue weighted by Gasteiger charge is 2.37. The van der Waals surface area contributed by atoms with Crippen LogP contribution in [0.1, 0.15) is 12.5 Å². The van der Waals surface area contributed by atoms with E-state index >= 15 is 0 Å². The first kappa shape index (κ1) is 19.0. The highest BCUT2D eigenvalue weighted by Crippen LogP contribution is 2.35. The summed E-state index contributed by atoms with van der Waals surface area (Å²) in [5, 5.41) is 10.8. The van der Waals surface area contributed by atoms with E-state index in [-0.39, 0.29) is 16.8 Å². The third kappa shape index (κ3) is 3.39. The van der Waals surface area contributed by atoms with Crippen molar-refractivity contribution in [2.24, 2.45) is 0 Å². The van der Waals surface area contributed by atoms with Gasteiger partial charge in [0.2, 0.25) is 0 Å². The van der Waals surface area contributed by atoms with Gasteiger partial charge in [0.05, 0.1) is 23.2 Å². The predicted molar refractivity (Wildman–Crippen MR) is 99.7 cm³/mol. The van der Waals surface area contributed by atoms with Crippen molar-refractivity contribution in [1.29, 1.82) is 0 Å². The van der Waals surface area contributed by atoms with E-state index in [0.717, 1.165) is 0 Å². The number of nitrogens with zero attached hydrogens (tertiary/aromatic N) is 2. The smallest absolute Gasteiger partial charge is 0.340 e. The van der Waals surface area contributed by atoms with Gasteiger partial charge in [0.15, 0.2) is 0 Å². The molecular weight excluding hydrogens is 367 g/mol. The number of nitro groups is 1. The minimum atomic E-state index is -0.691. The van der Waals surface area contributed by atoms with Crippen LogP contribution in [-0.4, -0.2) is 23.9 Å². The van der Waals surface area contributed by atoms with E-state index in [4.69, 9.17) is 4.74 Å². The Hall–Kier alpha value is -3.81. The molecule has 0 aliphatic carbocycles. The van der Waals surface area contributed by atoms with Gasteiger partial charge in [-0.3, -0.25) is 19.8 Å². The van der Waals surface area contributed by atoms with Gasteiger partial charge in [-0.05, 0) is 55.0 Å². The molecule has 8 heteroatoms. The fourth-order valence-corrected chi connectivity index (χ4v) is 2.94. The van der Waals surface area contributed by atoms with Crippen LogP contribution in [0.2, 0.25) is 0 Å². The number of anilines is 1. The molecule has 1 aliphatic rings. The number of benzene rings is 2. The van der Waals surface area contributed by atoms with Gasteiger partial charge in [0.1, 0.15) is 5.82 Å². The summed E-state index contributed by atoms with van der Waals surface area (Å²) in [6, 6.07) is 10.8. The Morgan fingerprint density at radius 3 is 2.29 bits per heavy atom. The number of ether oxygens (including phenoxy) is 1. The molecule has 0 aromatic heterocycles. The van der Waals surface area contributed by atoms with Gasteiger partial charge in [-0.2, -0.15) is 0 Å². The second-order valence-corrected chi connectivity index (χ2v) is 5.98. The Kier molecular flexibility index (Phi) is 5.04. The largest absolute Gasteiger partial charge is 0.465 e. The van der Waals surface area contributed by atoms with E-state index in [1.807, 2.05) is 0 Å². The van der Waals surface area contributed by atoms with Gasteiger partial charge in [-0.25, -0.2) is 9.18 Å². The summed E-state index contributed by atoms with van der Waals surface area (Å²) in [5.74, 6) is -1.63.